The minimum atomic E-state index is 0.255. The van der Waals surface area contributed by atoms with Crippen LogP contribution in [0.4, 0.5) is 0 Å². The van der Waals surface area contributed by atoms with Crippen molar-refractivity contribution in [2.24, 2.45) is 5.92 Å². The Labute approximate surface area is 82.2 Å². The molecule has 1 aliphatic rings. The molecule has 1 fully saturated rings. The van der Waals surface area contributed by atoms with Gasteiger partial charge in [0.1, 0.15) is 0 Å². The lowest BCUT2D eigenvalue weighted by atomic mass is 10.2. The lowest BCUT2D eigenvalue weighted by molar-refractivity contribution is -0.122. The molecule has 0 bridgehead atoms. The molecule has 0 aromatic carbocycles. The van der Waals surface area contributed by atoms with Crippen molar-refractivity contribution in [3.63, 3.8) is 0 Å². The Morgan fingerprint density at radius 2 is 2.33 bits per heavy atom. The van der Waals surface area contributed by atoms with E-state index < -0.39 is 0 Å². The fourth-order valence-corrected chi connectivity index (χ4v) is 1.27. The van der Waals surface area contributed by atoms with Gasteiger partial charge in [-0.25, -0.2) is 0 Å². The number of nitrogens with one attached hydrogen (secondary N) is 1. The van der Waals surface area contributed by atoms with E-state index in [4.69, 9.17) is 0 Å². The van der Waals surface area contributed by atoms with Crippen molar-refractivity contribution < 1.29 is 4.79 Å². The summed E-state index contributed by atoms with van der Waals surface area (Å²) in [5.74, 6) is 0.603. The van der Waals surface area contributed by atoms with Crippen molar-refractivity contribution in [3.05, 3.63) is 0 Å². The van der Waals surface area contributed by atoms with Gasteiger partial charge in [-0.3, -0.25) is 4.79 Å². The highest BCUT2D eigenvalue weighted by molar-refractivity contribution is 9.09. The third-order valence-corrected chi connectivity index (χ3v) is 3.25. The lowest BCUT2D eigenvalue weighted by Crippen LogP contribution is -2.27. The van der Waals surface area contributed by atoms with Crippen LogP contribution in [0.3, 0.4) is 0 Å². The molecule has 1 atom stereocenters. The summed E-state index contributed by atoms with van der Waals surface area (Å²) in [6.45, 7) is 2.96. The largest absolute Gasteiger partial charge is 0.356 e. The number of rotatable bonds is 5. The number of alkyl halides is 1. The van der Waals surface area contributed by atoms with Gasteiger partial charge in [0, 0.05) is 17.3 Å². The monoisotopic (exact) mass is 233 g/mol. The quantitative estimate of drug-likeness (QED) is 0.725. The van der Waals surface area contributed by atoms with Crippen LogP contribution >= 0.6 is 15.9 Å². The molecule has 0 aromatic rings. The summed E-state index contributed by atoms with van der Waals surface area (Å²) in [6, 6.07) is 0. The Hall–Kier alpha value is -0.0500. The summed E-state index contributed by atoms with van der Waals surface area (Å²) in [5.41, 5.74) is 0. The van der Waals surface area contributed by atoms with Gasteiger partial charge in [-0.2, -0.15) is 0 Å². The highest BCUT2D eigenvalue weighted by atomic mass is 79.9. The molecule has 2 nitrogen and oxygen atoms in total. The van der Waals surface area contributed by atoms with E-state index in [0.29, 0.717) is 10.7 Å². The van der Waals surface area contributed by atoms with Crippen LogP contribution in [0.5, 0.6) is 0 Å². The van der Waals surface area contributed by atoms with Crippen molar-refractivity contribution in [1.29, 1.82) is 0 Å². The van der Waals surface area contributed by atoms with Crippen molar-refractivity contribution in [2.45, 2.75) is 37.4 Å². The number of halogens is 1. The average molecular weight is 234 g/mol. The molecule has 12 heavy (non-hydrogen) atoms. The van der Waals surface area contributed by atoms with E-state index in [-0.39, 0.29) is 5.91 Å². The molecule has 1 unspecified atom stereocenters. The van der Waals surface area contributed by atoms with E-state index in [1.165, 1.54) is 0 Å². The first-order valence-corrected chi connectivity index (χ1v) is 5.57. The van der Waals surface area contributed by atoms with Crippen LogP contribution in [0.25, 0.3) is 0 Å². The van der Waals surface area contributed by atoms with E-state index in [1.54, 1.807) is 0 Å². The fraction of sp³-hybridized carbons (Fsp3) is 0.889. The predicted molar refractivity (Wildman–Crippen MR) is 53.4 cm³/mol. The highest BCUT2D eigenvalue weighted by Crippen LogP contribution is 2.28. The molecule has 1 amide bonds. The van der Waals surface area contributed by atoms with E-state index in [1.807, 2.05) is 0 Å². The predicted octanol–water partition coefficient (Wildman–Crippen LogP) is 2.08. The molecule has 1 rings (SSSR count). The summed E-state index contributed by atoms with van der Waals surface area (Å²) in [7, 11) is 0. The van der Waals surface area contributed by atoms with Crippen LogP contribution in [0.1, 0.15) is 32.6 Å². The molecule has 1 aliphatic carbocycles. The zero-order valence-corrected chi connectivity index (χ0v) is 9.06. The van der Waals surface area contributed by atoms with Crippen molar-refractivity contribution in [3.8, 4) is 0 Å². The zero-order valence-electron chi connectivity index (χ0n) is 7.48. The number of amides is 1. The summed E-state index contributed by atoms with van der Waals surface area (Å²) in [6.07, 6.45) is 4.35. The molecular weight excluding hydrogens is 218 g/mol. The Kier molecular flexibility index (Phi) is 4.06. The Morgan fingerprint density at radius 3 is 2.83 bits per heavy atom. The Morgan fingerprint density at radius 1 is 1.67 bits per heavy atom. The van der Waals surface area contributed by atoms with Gasteiger partial charge in [-0.1, -0.05) is 22.9 Å². The molecule has 0 spiro atoms. The molecule has 0 radical (unpaired) electrons. The number of hydrogen-bond donors (Lipinski definition) is 1. The zero-order chi connectivity index (χ0) is 8.97. The summed E-state index contributed by atoms with van der Waals surface area (Å²) in [5, 5.41) is 2.94. The van der Waals surface area contributed by atoms with Gasteiger partial charge < -0.3 is 5.32 Å². The van der Waals surface area contributed by atoms with Crippen molar-refractivity contribution in [2.75, 3.05) is 6.54 Å². The first kappa shape index (κ1) is 10.0. The van der Waals surface area contributed by atoms with Gasteiger partial charge in [0.25, 0.3) is 0 Å². The number of carbonyl (C=O) groups excluding carboxylic acids is 1. The molecule has 1 N–H and O–H groups in total. The van der Waals surface area contributed by atoms with E-state index in [0.717, 1.165) is 32.2 Å². The second kappa shape index (κ2) is 4.85. The molecule has 3 heteroatoms. The maximum atomic E-state index is 11.1. The summed E-state index contributed by atoms with van der Waals surface area (Å²) in [4.78, 5) is 11.7. The van der Waals surface area contributed by atoms with Gasteiger partial charge in [0.05, 0.1) is 0 Å². The van der Waals surface area contributed by atoms with Gasteiger partial charge in [-0.05, 0) is 25.7 Å². The first-order valence-electron chi connectivity index (χ1n) is 4.65. The van der Waals surface area contributed by atoms with Gasteiger partial charge >= 0.3 is 0 Å². The second-order valence-corrected chi connectivity index (χ2v) is 4.65. The maximum absolute atomic E-state index is 11.1. The van der Waals surface area contributed by atoms with Crippen molar-refractivity contribution in [1.82, 2.24) is 5.32 Å². The smallest absolute Gasteiger partial charge is 0.223 e. The third kappa shape index (κ3) is 3.57. The SMILES string of the molecule is CCC(Br)CCNC(=O)C1CC1. The third-order valence-electron chi connectivity index (χ3n) is 2.15. The topological polar surface area (TPSA) is 29.1 Å². The normalized spacial score (nSPS) is 18.8. The van der Waals surface area contributed by atoms with Crippen molar-refractivity contribution >= 4 is 21.8 Å². The van der Waals surface area contributed by atoms with Gasteiger partial charge in [0.2, 0.25) is 5.91 Å². The number of hydrogen-bond acceptors (Lipinski definition) is 1. The second-order valence-electron chi connectivity index (χ2n) is 3.36. The molecule has 0 aromatic heterocycles. The van der Waals surface area contributed by atoms with Gasteiger partial charge in [-0.15, -0.1) is 0 Å². The van der Waals surface area contributed by atoms with E-state index in [9.17, 15) is 4.79 Å². The fourth-order valence-electron chi connectivity index (χ4n) is 1.05. The summed E-state index contributed by atoms with van der Waals surface area (Å²) >= 11 is 3.53. The van der Waals surface area contributed by atoms with Gasteiger partial charge in [0.15, 0.2) is 0 Å². The molecule has 0 aliphatic heterocycles. The molecule has 0 heterocycles. The molecule has 1 saturated carbocycles. The van der Waals surface area contributed by atoms with Crippen LogP contribution in [0.2, 0.25) is 0 Å². The van der Waals surface area contributed by atoms with Crippen LogP contribution in [-0.4, -0.2) is 17.3 Å². The standard InChI is InChI=1S/C9H16BrNO/c1-2-8(10)5-6-11-9(12)7-3-4-7/h7-8H,2-6H2,1H3,(H,11,12). The lowest BCUT2D eigenvalue weighted by Gasteiger charge is -2.07. The minimum Gasteiger partial charge on any atom is -0.356 e. The van der Waals surface area contributed by atoms with E-state index >= 15 is 0 Å². The Balaban J connectivity index is 1.97. The first-order chi connectivity index (χ1) is 5.74. The average Bonchev–Trinajstić information content (AvgIpc) is 2.86. The van der Waals surface area contributed by atoms with Crippen LogP contribution in [-0.2, 0) is 4.79 Å². The molecule has 70 valence electrons. The highest BCUT2D eigenvalue weighted by Gasteiger charge is 2.28. The van der Waals surface area contributed by atoms with E-state index in [2.05, 4.69) is 28.2 Å². The molecule has 0 saturated heterocycles. The maximum Gasteiger partial charge on any atom is 0.223 e. The summed E-state index contributed by atoms with van der Waals surface area (Å²) < 4.78 is 0. The number of carbonyl (C=O) groups is 1. The van der Waals surface area contributed by atoms with Crippen LogP contribution < -0.4 is 5.32 Å². The Bertz CT molecular complexity index is 157. The minimum absolute atomic E-state index is 0.255. The molecular formula is C9H16BrNO. The van der Waals surface area contributed by atoms with Crippen LogP contribution in [0, 0.1) is 5.92 Å². The van der Waals surface area contributed by atoms with Crippen LogP contribution in [0.15, 0.2) is 0 Å².